The summed E-state index contributed by atoms with van der Waals surface area (Å²) >= 11 is 0. The van der Waals surface area contributed by atoms with E-state index >= 15 is 0 Å². The van der Waals surface area contributed by atoms with Gasteiger partial charge in [0.25, 0.3) is 0 Å². The molecule has 0 radical (unpaired) electrons. The van der Waals surface area contributed by atoms with Crippen molar-refractivity contribution in [2.24, 2.45) is 5.92 Å². The van der Waals surface area contributed by atoms with Crippen LogP contribution in [0.3, 0.4) is 0 Å². The zero-order valence-corrected chi connectivity index (χ0v) is 10.4. The first-order chi connectivity index (χ1) is 7.78. The molecule has 1 saturated heterocycles. The lowest BCUT2D eigenvalue weighted by Crippen LogP contribution is -2.50. The Hall–Kier alpha value is -1.30. The smallest absolute Gasteiger partial charge is 0.408 e. The van der Waals surface area contributed by atoms with Crippen molar-refractivity contribution >= 4 is 12.1 Å². The summed E-state index contributed by atoms with van der Waals surface area (Å²) in [6.07, 6.45) is -0.251. The van der Waals surface area contributed by atoms with Crippen LogP contribution in [0.4, 0.5) is 4.79 Å². The Kier molecular flexibility index (Phi) is 4.34. The van der Waals surface area contributed by atoms with Crippen LogP contribution in [0.2, 0.25) is 0 Å². The third-order valence-corrected chi connectivity index (χ3v) is 2.42. The quantitative estimate of drug-likeness (QED) is 0.673. The van der Waals surface area contributed by atoms with Crippen LogP contribution in [0.5, 0.6) is 0 Å². The molecule has 98 valence electrons. The minimum absolute atomic E-state index is 0.311. The van der Waals surface area contributed by atoms with Crippen LogP contribution in [0.1, 0.15) is 27.2 Å². The number of aliphatic carboxylic acids is 1. The fourth-order valence-electron chi connectivity index (χ4n) is 1.52. The van der Waals surface area contributed by atoms with Crippen LogP contribution in [0.15, 0.2) is 0 Å². The van der Waals surface area contributed by atoms with Crippen molar-refractivity contribution in [1.82, 2.24) is 10.6 Å². The van der Waals surface area contributed by atoms with Gasteiger partial charge >= 0.3 is 12.1 Å². The predicted octanol–water partition coefficient (Wildman–Crippen LogP) is 0.574. The van der Waals surface area contributed by atoms with Crippen molar-refractivity contribution in [2.45, 2.75) is 38.8 Å². The lowest BCUT2D eigenvalue weighted by Gasteiger charge is -2.30. The number of nitrogens with one attached hydrogen (secondary N) is 2. The molecule has 1 amide bonds. The second-order valence-electron chi connectivity index (χ2n) is 5.30. The highest BCUT2D eigenvalue weighted by Crippen LogP contribution is 2.13. The van der Waals surface area contributed by atoms with Crippen molar-refractivity contribution < 1.29 is 19.4 Å². The average molecular weight is 244 g/mol. The van der Waals surface area contributed by atoms with Crippen LogP contribution >= 0.6 is 0 Å². The normalized spacial score (nSPS) is 18.1. The third kappa shape index (κ3) is 5.04. The molecule has 0 bridgehead atoms. The largest absolute Gasteiger partial charge is 0.480 e. The van der Waals surface area contributed by atoms with E-state index in [1.54, 1.807) is 20.8 Å². The monoisotopic (exact) mass is 244 g/mol. The first-order valence-corrected chi connectivity index (χ1v) is 5.71. The molecule has 1 atom stereocenters. The summed E-state index contributed by atoms with van der Waals surface area (Å²) in [6.45, 7) is 6.81. The van der Waals surface area contributed by atoms with Crippen LogP contribution in [0, 0.1) is 5.92 Å². The summed E-state index contributed by atoms with van der Waals surface area (Å²) in [6, 6.07) is -0.878. The molecule has 1 fully saturated rings. The minimum Gasteiger partial charge on any atom is -0.480 e. The van der Waals surface area contributed by atoms with E-state index in [0.29, 0.717) is 12.3 Å². The van der Waals surface area contributed by atoms with Gasteiger partial charge in [-0.25, -0.2) is 9.59 Å². The Labute approximate surface area is 101 Å². The average Bonchev–Trinajstić information content (AvgIpc) is 2.05. The van der Waals surface area contributed by atoms with Crippen molar-refractivity contribution in [3.05, 3.63) is 0 Å². The third-order valence-electron chi connectivity index (χ3n) is 2.42. The molecular weight excluding hydrogens is 224 g/mol. The van der Waals surface area contributed by atoms with E-state index in [1.807, 2.05) is 0 Å². The number of ether oxygens (including phenoxy) is 1. The molecule has 6 nitrogen and oxygen atoms in total. The van der Waals surface area contributed by atoms with Gasteiger partial charge in [0.1, 0.15) is 11.6 Å². The number of carbonyl (C=O) groups excluding carboxylic acids is 1. The van der Waals surface area contributed by atoms with Gasteiger partial charge in [0.05, 0.1) is 0 Å². The Bertz CT molecular complexity index is 294. The minimum atomic E-state index is -1.03. The summed E-state index contributed by atoms with van der Waals surface area (Å²) in [4.78, 5) is 22.4. The van der Waals surface area contributed by atoms with E-state index in [4.69, 9.17) is 9.84 Å². The molecule has 1 unspecified atom stereocenters. The van der Waals surface area contributed by atoms with Crippen molar-refractivity contribution in [3.8, 4) is 0 Å². The zero-order chi connectivity index (χ0) is 13.1. The van der Waals surface area contributed by atoms with E-state index in [1.165, 1.54) is 0 Å². The molecule has 0 saturated carbocycles. The van der Waals surface area contributed by atoms with E-state index < -0.39 is 23.7 Å². The van der Waals surface area contributed by atoms with Crippen LogP contribution in [-0.2, 0) is 9.53 Å². The topological polar surface area (TPSA) is 87.7 Å². The lowest BCUT2D eigenvalue weighted by atomic mass is 9.95. The number of carbonyl (C=O) groups is 2. The van der Waals surface area contributed by atoms with Gasteiger partial charge in [-0.15, -0.1) is 0 Å². The van der Waals surface area contributed by atoms with Gasteiger partial charge in [-0.3, -0.25) is 0 Å². The van der Waals surface area contributed by atoms with Crippen molar-refractivity contribution in [3.63, 3.8) is 0 Å². The molecule has 3 N–H and O–H groups in total. The first kappa shape index (κ1) is 13.8. The second kappa shape index (κ2) is 5.35. The molecular formula is C11H20N2O4. The number of amides is 1. The Morgan fingerprint density at radius 3 is 2.41 bits per heavy atom. The highest BCUT2D eigenvalue weighted by Gasteiger charge is 2.28. The van der Waals surface area contributed by atoms with Gasteiger partial charge < -0.3 is 20.5 Å². The SMILES string of the molecule is CC(C)(C)OC(=O)NC(CC1CNC1)C(=O)O. The van der Waals surface area contributed by atoms with Crippen molar-refractivity contribution in [1.29, 1.82) is 0 Å². The fraction of sp³-hybridized carbons (Fsp3) is 0.818. The summed E-state index contributed by atoms with van der Waals surface area (Å²) in [5.74, 6) is -0.714. The predicted molar refractivity (Wildman–Crippen MR) is 61.8 cm³/mol. The van der Waals surface area contributed by atoms with Gasteiger partial charge in [-0.05, 0) is 46.2 Å². The molecule has 0 aromatic heterocycles. The van der Waals surface area contributed by atoms with E-state index in [-0.39, 0.29) is 0 Å². The van der Waals surface area contributed by atoms with Gasteiger partial charge in [0, 0.05) is 0 Å². The van der Waals surface area contributed by atoms with E-state index in [2.05, 4.69) is 10.6 Å². The Morgan fingerprint density at radius 2 is 2.06 bits per heavy atom. The second-order valence-corrected chi connectivity index (χ2v) is 5.30. The summed E-state index contributed by atoms with van der Waals surface area (Å²) in [5, 5.41) is 14.4. The lowest BCUT2D eigenvalue weighted by molar-refractivity contribution is -0.140. The maximum absolute atomic E-state index is 11.4. The Balaban J connectivity index is 2.42. The van der Waals surface area contributed by atoms with E-state index in [0.717, 1.165) is 13.1 Å². The molecule has 1 heterocycles. The molecule has 1 aliphatic rings. The molecule has 0 aromatic carbocycles. The van der Waals surface area contributed by atoms with Gasteiger partial charge in [-0.2, -0.15) is 0 Å². The van der Waals surface area contributed by atoms with Crippen LogP contribution < -0.4 is 10.6 Å². The van der Waals surface area contributed by atoms with E-state index in [9.17, 15) is 9.59 Å². The molecule has 17 heavy (non-hydrogen) atoms. The zero-order valence-electron chi connectivity index (χ0n) is 10.4. The molecule has 1 rings (SSSR count). The Morgan fingerprint density at radius 1 is 1.47 bits per heavy atom. The standard InChI is InChI=1S/C11H20N2O4/c1-11(2,3)17-10(16)13-8(9(14)15)4-7-5-12-6-7/h7-8,12H,4-6H2,1-3H3,(H,13,16)(H,14,15). The van der Waals surface area contributed by atoms with Gasteiger partial charge in [-0.1, -0.05) is 0 Å². The molecule has 0 spiro atoms. The molecule has 1 aliphatic heterocycles. The van der Waals surface area contributed by atoms with Crippen LogP contribution in [0.25, 0.3) is 0 Å². The number of rotatable bonds is 4. The summed E-state index contributed by atoms with van der Waals surface area (Å²) in [5.41, 5.74) is -0.620. The van der Waals surface area contributed by atoms with Gasteiger partial charge in [0.2, 0.25) is 0 Å². The van der Waals surface area contributed by atoms with Gasteiger partial charge in [0.15, 0.2) is 0 Å². The molecule has 6 heteroatoms. The highest BCUT2D eigenvalue weighted by molar-refractivity contribution is 5.80. The first-order valence-electron chi connectivity index (χ1n) is 5.71. The fourth-order valence-corrected chi connectivity index (χ4v) is 1.52. The van der Waals surface area contributed by atoms with Crippen LogP contribution in [-0.4, -0.2) is 41.9 Å². The summed E-state index contributed by atoms with van der Waals surface area (Å²) < 4.78 is 5.02. The molecule has 0 aliphatic carbocycles. The number of alkyl carbamates (subject to hydrolysis) is 1. The number of carboxylic acid groups (broad SMARTS) is 1. The van der Waals surface area contributed by atoms with Crippen molar-refractivity contribution in [2.75, 3.05) is 13.1 Å². The molecule has 0 aromatic rings. The number of hydrogen-bond donors (Lipinski definition) is 3. The highest BCUT2D eigenvalue weighted by atomic mass is 16.6. The number of carboxylic acids is 1. The number of hydrogen-bond acceptors (Lipinski definition) is 4. The maximum atomic E-state index is 11.4. The maximum Gasteiger partial charge on any atom is 0.408 e. The summed E-state index contributed by atoms with van der Waals surface area (Å²) in [7, 11) is 0.